The fourth-order valence-electron chi connectivity index (χ4n) is 2.87. The molecule has 2 heteroatoms. The molecule has 0 amide bonds. The SMILES string of the molecule is O=C1CCN2C/C(=C/c3ccccc3)C[C@H]2C1. The third-order valence-electron chi connectivity index (χ3n) is 3.73. The summed E-state index contributed by atoms with van der Waals surface area (Å²) < 4.78 is 0. The van der Waals surface area contributed by atoms with E-state index in [1.54, 1.807) is 0 Å². The molecular formula is C15H17NO. The van der Waals surface area contributed by atoms with Gasteiger partial charge >= 0.3 is 0 Å². The van der Waals surface area contributed by atoms with Crippen molar-refractivity contribution in [3.63, 3.8) is 0 Å². The molecule has 88 valence electrons. The van der Waals surface area contributed by atoms with Gasteiger partial charge in [-0.3, -0.25) is 9.69 Å². The van der Waals surface area contributed by atoms with Crippen LogP contribution in [0.1, 0.15) is 24.8 Å². The van der Waals surface area contributed by atoms with Crippen LogP contribution in [0.15, 0.2) is 35.9 Å². The van der Waals surface area contributed by atoms with Crippen molar-refractivity contribution in [3.05, 3.63) is 41.5 Å². The fourth-order valence-corrected chi connectivity index (χ4v) is 2.87. The normalized spacial score (nSPS) is 27.4. The zero-order valence-corrected chi connectivity index (χ0v) is 9.93. The Labute approximate surface area is 102 Å². The van der Waals surface area contributed by atoms with Crippen LogP contribution in [0.25, 0.3) is 6.08 Å². The van der Waals surface area contributed by atoms with Crippen molar-refractivity contribution >= 4 is 11.9 Å². The van der Waals surface area contributed by atoms with Crippen molar-refractivity contribution in [2.75, 3.05) is 13.1 Å². The second kappa shape index (κ2) is 4.46. The Morgan fingerprint density at radius 2 is 2.00 bits per heavy atom. The van der Waals surface area contributed by atoms with E-state index in [0.29, 0.717) is 11.8 Å². The van der Waals surface area contributed by atoms with Crippen molar-refractivity contribution in [1.29, 1.82) is 0 Å². The molecule has 0 unspecified atom stereocenters. The van der Waals surface area contributed by atoms with E-state index in [9.17, 15) is 4.79 Å². The van der Waals surface area contributed by atoms with Crippen molar-refractivity contribution in [2.45, 2.75) is 25.3 Å². The number of hydrogen-bond donors (Lipinski definition) is 0. The van der Waals surface area contributed by atoms with Crippen LogP contribution < -0.4 is 0 Å². The molecule has 0 bridgehead atoms. The number of piperidine rings is 1. The highest BCUT2D eigenvalue weighted by Gasteiger charge is 2.32. The Bertz CT molecular complexity index is 449. The standard InChI is InChI=1S/C15H17NO/c17-15-6-7-16-11-13(9-14(16)10-15)8-12-4-2-1-3-5-12/h1-5,8,14H,6-7,9-11H2/b13-8+/t14-/m0/s1. The van der Waals surface area contributed by atoms with Gasteiger partial charge in [-0.15, -0.1) is 0 Å². The highest BCUT2D eigenvalue weighted by Crippen LogP contribution is 2.29. The molecule has 2 heterocycles. The second-order valence-electron chi connectivity index (χ2n) is 5.03. The van der Waals surface area contributed by atoms with Crippen molar-refractivity contribution in [3.8, 4) is 0 Å². The predicted molar refractivity (Wildman–Crippen MR) is 68.6 cm³/mol. The average Bonchev–Trinajstić information content (AvgIpc) is 2.71. The Morgan fingerprint density at radius 1 is 1.18 bits per heavy atom. The van der Waals surface area contributed by atoms with Gasteiger partial charge in [-0.1, -0.05) is 42.0 Å². The van der Waals surface area contributed by atoms with Gasteiger partial charge in [0.05, 0.1) is 0 Å². The zero-order chi connectivity index (χ0) is 11.7. The monoisotopic (exact) mass is 227 g/mol. The Balaban J connectivity index is 1.75. The van der Waals surface area contributed by atoms with E-state index in [4.69, 9.17) is 0 Å². The lowest BCUT2D eigenvalue weighted by Gasteiger charge is -2.27. The van der Waals surface area contributed by atoms with E-state index < -0.39 is 0 Å². The van der Waals surface area contributed by atoms with E-state index in [0.717, 1.165) is 32.4 Å². The smallest absolute Gasteiger partial charge is 0.135 e. The number of carbonyl (C=O) groups is 1. The van der Waals surface area contributed by atoms with Crippen LogP contribution in [0.5, 0.6) is 0 Å². The van der Waals surface area contributed by atoms with E-state index in [1.165, 1.54) is 11.1 Å². The van der Waals surface area contributed by atoms with Gasteiger partial charge in [0.15, 0.2) is 0 Å². The molecule has 17 heavy (non-hydrogen) atoms. The first kappa shape index (κ1) is 10.7. The quantitative estimate of drug-likeness (QED) is 0.734. The van der Waals surface area contributed by atoms with Crippen LogP contribution in [0.3, 0.4) is 0 Å². The summed E-state index contributed by atoms with van der Waals surface area (Å²) in [4.78, 5) is 13.9. The van der Waals surface area contributed by atoms with Crippen LogP contribution in [-0.4, -0.2) is 29.8 Å². The molecule has 0 saturated carbocycles. The van der Waals surface area contributed by atoms with Gasteiger partial charge in [0.2, 0.25) is 0 Å². The van der Waals surface area contributed by atoms with Gasteiger partial charge in [0.1, 0.15) is 5.78 Å². The van der Waals surface area contributed by atoms with Crippen molar-refractivity contribution < 1.29 is 4.79 Å². The summed E-state index contributed by atoms with van der Waals surface area (Å²) in [5, 5.41) is 0. The Kier molecular flexibility index (Phi) is 2.81. The minimum absolute atomic E-state index is 0.437. The summed E-state index contributed by atoms with van der Waals surface area (Å²) in [7, 11) is 0. The van der Waals surface area contributed by atoms with Crippen LogP contribution in [0.4, 0.5) is 0 Å². The summed E-state index contributed by atoms with van der Waals surface area (Å²) in [5.41, 5.74) is 2.74. The lowest BCUT2D eigenvalue weighted by molar-refractivity contribution is -0.122. The van der Waals surface area contributed by atoms with E-state index in [-0.39, 0.29) is 0 Å². The number of ketones is 1. The molecule has 0 N–H and O–H groups in total. The molecule has 2 aliphatic rings. The second-order valence-corrected chi connectivity index (χ2v) is 5.03. The third kappa shape index (κ3) is 2.32. The molecule has 2 saturated heterocycles. The minimum atomic E-state index is 0.437. The fraction of sp³-hybridized carbons (Fsp3) is 0.400. The van der Waals surface area contributed by atoms with Gasteiger partial charge in [0, 0.05) is 32.0 Å². The Morgan fingerprint density at radius 3 is 2.82 bits per heavy atom. The molecule has 1 atom stereocenters. The molecule has 0 aromatic heterocycles. The average molecular weight is 227 g/mol. The zero-order valence-electron chi connectivity index (χ0n) is 9.93. The summed E-state index contributed by atoms with van der Waals surface area (Å²) in [6.45, 7) is 2.00. The van der Waals surface area contributed by atoms with Gasteiger partial charge in [-0.05, 0) is 12.0 Å². The number of nitrogens with zero attached hydrogens (tertiary/aromatic N) is 1. The molecule has 2 fully saturated rings. The number of hydrogen-bond acceptors (Lipinski definition) is 2. The largest absolute Gasteiger partial charge is 0.300 e. The molecular weight excluding hydrogens is 210 g/mol. The molecule has 0 spiro atoms. The van der Waals surface area contributed by atoms with E-state index in [2.05, 4.69) is 35.2 Å². The first-order chi connectivity index (χ1) is 8.31. The molecule has 0 radical (unpaired) electrons. The molecule has 2 aliphatic heterocycles. The van der Waals surface area contributed by atoms with E-state index >= 15 is 0 Å². The number of Topliss-reactive ketones (excluding diaryl/α,β-unsaturated/α-hetero) is 1. The van der Waals surface area contributed by atoms with E-state index in [1.807, 2.05) is 6.07 Å². The maximum atomic E-state index is 11.4. The number of carbonyl (C=O) groups excluding carboxylic acids is 1. The summed E-state index contributed by atoms with van der Waals surface area (Å²) >= 11 is 0. The molecule has 1 aromatic carbocycles. The summed E-state index contributed by atoms with van der Waals surface area (Å²) in [6, 6.07) is 10.9. The highest BCUT2D eigenvalue weighted by molar-refractivity contribution is 5.80. The van der Waals surface area contributed by atoms with Gasteiger partial charge in [0.25, 0.3) is 0 Å². The van der Waals surface area contributed by atoms with Crippen molar-refractivity contribution in [1.82, 2.24) is 4.90 Å². The third-order valence-corrected chi connectivity index (χ3v) is 3.73. The summed E-state index contributed by atoms with van der Waals surface area (Å²) in [5.74, 6) is 0.437. The number of benzene rings is 1. The number of rotatable bonds is 1. The lowest BCUT2D eigenvalue weighted by atomic mass is 10.0. The topological polar surface area (TPSA) is 20.3 Å². The van der Waals surface area contributed by atoms with Crippen LogP contribution in [-0.2, 0) is 4.79 Å². The van der Waals surface area contributed by atoms with Gasteiger partial charge in [-0.2, -0.15) is 0 Å². The van der Waals surface area contributed by atoms with Crippen molar-refractivity contribution in [2.24, 2.45) is 0 Å². The minimum Gasteiger partial charge on any atom is -0.300 e. The van der Waals surface area contributed by atoms with Crippen LogP contribution in [0.2, 0.25) is 0 Å². The maximum Gasteiger partial charge on any atom is 0.135 e. The number of fused-ring (bicyclic) bond motifs is 1. The maximum absolute atomic E-state index is 11.4. The summed E-state index contributed by atoms with van der Waals surface area (Å²) in [6.07, 6.45) is 4.85. The Hall–Kier alpha value is -1.41. The molecule has 1 aromatic rings. The van der Waals surface area contributed by atoms with Gasteiger partial charge < -0.3 is 0 Å². The van der Waals surface area contributed by atoms with Gasteiger partial charge in [-0.25, -0.2) is 0 Å². The molecule has 3 rings (SSSR count). The predicted octanol–water partition coefficient (Wildman–Crippen LogP) is 2.51. The lowest BCUT2D eigenvalue weighted by Crippen LogP contribution is -2.37. The molecule has 0 aliphatic carbocycles. The first-order valence-corrected chi connectivity index (χ1v) is 6.31. The first-order valence-electron chi connectivity index (χ1n) is 6.31. The molecule has 2 nitrogen and oxygen atoms in total. The highest BCUT2D eigenvalue weighted by atomic mass is 16.1. The van der Waals surface area contributed by atoms with Crippen LogP contribution in [0, 0.1) is 0 Å². The van der Waals surface area contributed by atoms with Crippen LogP contribution >= 0.6 is 0 Å².